The smallest absolute Gasteiger partial charge is 0.321 e. The van der Waals surface area contributed by atoms with Crippen LogP contribution in [-0.4, -0.2) is 24.0 Å². The van der Waals surface area contributed by atoms with Crippen LogP contribution in [0.4, 0.5) is 4.79 Å². The Morgan fingerprint density at radius 3 is 2.50 bits per heavy atom. The molecule has 1 fully saturated rings. The van der Waals surface area contributed by atoms with Gasteiger partial charge in [-0.25, -0.2) is 4.79 Å². The lowest BCUT2D eigenvalue weighted by atomic mass is 9.95. The molecule has 1 aromatic carbocycles. The van der Waals surface area contributed by atoms with Crippen LogP contribution < -0.4 is 5.32 Å². The predicted molar refractivity (Wildman–Crippen MR) is 83.4 cm³/mol. The van der Waals surface area contributed by atoms with Gasteiger partial charge in [-0.3, -0.25) is 0 Å². The standard InChI is InChI=1S/C17H24N2O/c1-14-8-10-15(11-9-14)12-13-18-17(20)19(2)16-6-4-3-5-7-16/h8-13,16H,3-7H2,1-2H3,(H,18,20)/b13-12+. The largest absolute Gasteiger partial charge is 0.325 e. The zero-order chi connectivity index (χ0) is 14.4. The molecule has 0 saturated heterocycles. The van der Waals surface area contributed by atoms with Crippen LogP contribution in [0.15, 0.2) is 30.5 Å². The molecule has 2 rings (SSSR count). The molecule has 0 aromatic heterocycles. The molecule has 0 unspecified atom stereocenters. The van der Waals surface area contributed by atoms with Gasteiger partial charge in [0.25, 0.3) is 0 Å². The maximum absolute atomic E-state index is 12.1. The van der Waals surface area contributed by atoms with Crippen LogP contribution in [0.2, 0.25) is 0 Å². The second kappa shape index (κ2) is 7.13. The molecule has 3 heteroatoms. The summed E-state index contributed by atoms with van der Waals surface area (Å²) in [4.78, 5) is 13.9. The third kappa shape index (κ3) is 4.12. The van der Waals surface area contributed by atoms with E-state index >= 15 is 0 Å². The number of benzene rings is 1. The SMILES string of the molecule is Cc1ccc(/C=C/NC(=O)N(C)C2CCCCC2)cc1. The molecule has 0 bridgehead atoms. The van der Waals surface area contributed by atoms with E-state index in [9.17, 15) is 4.79 Å². The minimum absolute atomic E-state index is 0.0136. The second-order valence-electron chi connectivity index (χ2n) is 5.60. The van der Waals surface area contributed by atoms with E-state index in [4.69, 9.17) is 0 Å². The van der Waals surface area contributed by atoms with Crippen molar-refractivity contribution >= 4 is 12.1 Å². The van der Waals surface area contributed by atoms with Crippen molar-refractivity contribution in [3.63, 3.8) is 0 Å². The monoisotopic (exact) mass is 272 g/mol. The molecule has 0 radical (unpaired) electrons. The van der Waals surface area contributed by atoms with Crippen LogP contribution in [0.25, 0.3) is 6.08 Å². The first-order valence-corrected chi connectivity index (χ1v) is 7.43. The molecule has 1 N–H and O–H groups in total. The summed E-state index contributed by atoms with van der Waals surface area (Å²) in [6.07, 6.45) is 9.69. The fraction of sp³-hybridized carbons (Fsp3) is 0.471. The Kier molecular flexibility index (Phi) is 5.22. The zero-order valence-electron chi connectivity index (χ0n) is 12.4. The average molecular weight is 272 g/mol. The number of nitrogens with zero attached hydrogens (tertiary/aromatic N) is 1. The molecule has 1 aliphatic carbocycles. The first-order valence-electron chi connectivity index (χ1n) is 7.43. The molecule has 3 nitrogen and oxygen atoms in total. The number of amides is 2. The van der Waals surface area contributed by atoms with Crippen molar-refractivity contribution in [1.82, 2.24) is 10.2 Å². The van der Waals surface area contributed by atoms with Crippen molar-refractivity contribution in [2.24, 2.45) is 0 Å². The number of aryl methyl sites for hydroxylation is 1. The van der Waals surface area contributed by atoms with Gasteiger partial charge in [-0.2, -0.15) is 0 Å². The van der Waals surface area contributed by atoms with Crippen molar-refractivity contribution in [1.29, 1.82) is 0 Å². The summed E-state index contributed by atoms with van der Waals surface area (Å²) in [7, 11) is 1.89. The fourth-order valence-corrected chi connectivity index (χ4v) is 2.62. The van der Waals surface area contributed by atoms with Crippen molar-refractivity contribution in [2.45, 2.75) is 45.1 Å². The van der Waals surface area contributed by atoms with Gasteiger partial charge in [0.2, 0.25) is 0 Å². The van der Waals surface area contributed by atoms with Gasteiger partial charge in [-0.1, -0.05) is 49.1 Å². The first-order chi connectivity index (χ1) is 9.66. The molecule has 1 aromatic rings. The first kappa shape index (κ1) is 14.6. The van der Waals surface area contributed by atoms with Crippen LogP contribution in [-0.2, 0) is 0 Å². The summed E-state index contributed by atoms with van der Waals surface area (Å²) in [6.45, 7) is 2.06. The second-order valence-corrected chi connectivity index (χ2v) is 5.60. The molecule has 2 amide bonds. The van der Waals surface area contributed by atoms with E-state index in [2.05, 4.69) is 24.4 Å². The van der Waals surface area contributed by atoms with Gasteiger partial charge < -0.3 is 10.2 Å². The third-order valence-corrected chi connectivity index (χ3v) is 4.00. The van der Waals surface area contributed by atoms with Gasteiger partial charge in [0.1, 0.15) is 0 Å². The van der Waals surface area contributed by atoms with Crippen LogP contribution in [0.1, 0.15) is 43.2 Å². The molecule has 0 aliphatic heterocycles. The van der Waals surface area contributed by atoms with Crippen molar-refractivity contribution in [2.75, 3.05) is 7.05 Å². The van der Waals surface area contributed by atoms with Crippen molar-refractivity contribution in [3.05, 3.63) is 41.6 Å². The molecule has 1 saturated carbocycles. The minimum Gasteiger partial charge on any atom is -0.325 e. The molecule has 0 spiro atoms. The van der Waals surface area contributed by atoms with Gasteiger partial charge in [-0.15, -0.1) is 0 Å². The molecule has 1 aliphatic rings. The minimum atomic E-state index is -0.0136. The zero-order valence-corrected chi connectivity index (χ0v) is 12.4. The van der Waals surface area contributed by atoms with E-state index in [1.165, 1.54) is 24.8 Å². The van der Waals surface area contributed by atoms with E-state index < -0.39 is 0 Å². The van der Waals surface area contributed by atoms with Crippen molar-refractivity contribution < 1.29 is 4.79 Å². The summed E-state index contributed by atoms with van der Waals surface area (Å²) in [5, 5.41) is 2.85. The van der Waals surface area contributed by atoms with E-state index in [0.29, 0.717) is 6.04 Å². The van der Waals surface area contributed by atoms with Gasteiger partial charge >= 0.3 is 6.03 Å². The highest BCUT2D eigenvalue weighted by Crippen LogP contribution is 2.21. The van der Waals surface area contributed by atoms with Gasteiger partial charge in [0, 0.05) is 19.3 Å². The molecule has 108 valence electrons. The third-order valence-electron chi connectivity index (χ3n) is 4.00. The Hall–Kier alpha value is -1.77. The lowest BCUT2D eigenvalue weighted by Gasteiger charge is -2.30. The number of hydrogen-bond donors (Lipinski definition) is 1. The number of nitrogens with one attached hydrogen (secondary N) is 1. The number of urea groups is 1. The number of carbonyl (C=O) groups is 1. The molecule has 0 heterocycles. The average Bonchev–Trinajstić information content (AvgIpc) is 2.49. The Bertz CT molecular complexity index is 458. The normalized spacial score (nSPS) is 16.3. The van der Waals surface area contributed by atoms with E-state index in [1.54, 1.807) is 6.20 Å². The van der Waals surface area contributed by atoms with Crippen LogP contribution in [0.5, 0.6) is 0 Å². The predicted octanol–water partition coefficient (Wildman–Crippen LogP) is 3.94. The maximum atomic E-state index is 12.1. The number of rotatable bonds is 3. The maximum Gasteiger partial charge on any atom is 0.321 e. The highest BCUT2D eigenvalue weighted by atomic mass is 16.2. The van der Waals surface area contributed by atoms with E-state index in [-0.39, 0.29) is 6.03 Å². The lowest BCUT2D eigenvalue weighted by molar-refractivity contribution is 0.177. The molecule has 0 atom stereocenters. The quantitative estimate of drug-likeness (QED) is 0.888. The molecular formula is C17H24N2O. The summed E-state index contributed by atoms with van der Waals surface area (Å²) in [6, 6.07) is 8.61. The Labute approximate surface area is 121 Å². The van der Waals surface area contributed by atoms with Gasteiger partial charge in [-0.05, 0) is 31.4 Å². The fourth-order valence-electron chi connectivity index (χ4n) is 2.62. The molecular weight excluding hydrogens is 248 g/mol. The summed E-state index contributed by atoms with van der Waals surface area (Å²) < 4.78 is 0. The topological polar surface area (TPSA) is 32.3 Å². The Morgan fingerprint density at radius 2 is 1.85 bits per heavy atom. The van der Waals surface area contributed by atoms with Gasteiger partial charge in [0.05, 0.1) is 0 Å². The highest BCUT2D eigenvalue weighted by molar-refractivity contribution is 5.76. The van der Waals surface area contributed by atoms with Crippen molar-refractivity contribution in [3.8, 4) is 0 Å². The summed E-state index contributed by atoms with van der Waals surface area (Å²) in [5.74, 6) is 0. The Balaban J connectivity index is 1.83. The van der Waals surface area contributed by atoms with Crippen LogP contribution >= 0.6 is 0 Å². The van der Waals surface area contributed by atoms with Gasteiger partial charge in [0.15, 0.2) is 0 Å². The highest BCUT2D eigenvalue weighted by Gasteiger charge is 2.21. The number of carbonyl (C=O) groups excluding carboxylic acids is 1. The number of hydrogen-bond acceptors (Lipinski definition) is 1. The summed E-state index contributed by atoms with van der Waals surface area (Å²) >= 11 is 0. The van der Waals surface area contributed by atoms with Crippen LogP contribution in [0.3, 0.4) is 0 Å². The van der Waals surface area contributed by atoms with Crippen LogP contribution in [0, 0.1) is 6.92 Å². The van der Waals surface area contributed by atoms with E-state index in [0.717, 1.165) is 18.4 Å². The van der Waals surface area contributed by atoms with E-state index in [1.807, 2.05) is 30.2 Å². The lowest BCUT2D eigenvalue weighted by Crippen LogP contribution is -2.42. The molecule has 20 heavy (non-hydrogen) atoms. The summed E-state index contributed by atoms with van der Waals surface area (Å²) in [5.41, 5.74) is 2.33. The Morgan fingerprint density at radius 1 is 1.20 bits per heavy atom.